The number of aliphatic carboxylic acids is 1. The summed E-state index contributed by atoms with van der Waals surface area (Å²) in [5, 5.41) is 16.8. The van der Waals surface area contributed by atoms with Crippen molar-refractivity contribution in [1.82, 2.24) is 16.0 Å². The van der Waals surface area contributed by atoms with Crippen molar-refractivity contribution in [3.63, 3.8) is 0 Å². The summed E-state index contributed by atoms with van der Waals surface area (Å²) in [7, 11) is 0. The molecule has 42 heavy (non-hydrogen) atoms. The normalized spacial score (nSPS) is 13.9. The third kappa shape index (κ3) is 8.95. The Labute approximate surface area is 244 Å². The second-order valence-electron chi connectivity index (χ2n) is 11.8. The summed E-state index contributed by atoms with van der Waals surface area (Å²) in [5.41, 5.74) is 2.40. The van der Waals surface area contributed by atoms with Gasteiger partial charge in [0.05, 0.1) is 6.04 Å². The molecule has 226 valence electrons. The lowest BCUT2D eigenvalue weighted by Gasteiger charge is -2.23. The van der Waals surface area contributed by atoms with Crippen LogP contribution in [0.15, 0.2) is 53.5 Å². The molecule has 0 aromatic heterocycles. The number of carboxylic acids is 1. The first-order valence-corrected chi connectivity index (χ1v) is 13.5. The van der Waals surface area contributed by atoms with E-state index < -0.39 is 53.5 Å². The van der Waals surface area contributed by atoms with E-state index in [2.05, 4.69) is 20.9 Å². The number of fused-ring (bicyclic) bond motifs is 3. The van der Waals surface area contributed by atoms with Crippen molar-refractivity contribution in [2.24, 2.45) is 4.99 Å². The molecular weight excluding hydrogens is 544 g/mol. The van der Waals surface area contributed by atoms with Gasteiger partial charge >= 0.3 is 24.2 Å². The van der Waals surface area contributed by atoms with E-state index in [-0.39, 0.29) is 12.5 Å². The summed E-state index contributed by atoms with van der Waals surface area (Å²) < 4.78 is 15.9. The van der Waals surface area contributed by atoms with Gasteiger partial charge in [-0.2, -0.15) is 0 Å². The Morgan fingerprint density at radius 1 is 0.810 bits per heavy atom. The molecule has 0 spiro atoms. The largest absolute Gasteiger partial charge is 0.480 e. The van der Waals surface area contributed by atoms with Crippen molar-refractivity contribution in [3.8, 4) is 11.1 Å². The van der Waals surface area contributed by atoms with Crippen molar-refractivity contribution in [2.45, 2.75) is 77.7 Å². The quantitative estimate of drug-likeness (QED) is 0.215. The third-order valence-corrected chi connectivity index (χ3v) is 5.94. The number of guanidine groups is 1. The van der Waals surface area contributed by atoms with Gasteiger partial charge in [-0.05, 0) is 70.7 Å². The SMILES string of the molecule is C[C@H](N=C(NC(=O)OC(C)(C)C)NC(=O)OC(C)(C)C)C(NC(=O)OCC1c2ccccc2-c2ccccc21)C(=O)O. The standard InChI is InChI=1S/C30H38N4O8/c1-17(31-25(33-27(38)41-29(2,3)4)34-28(39)42-30(5,6)7)23(24(35)36)32-26(37)40-16-22-20-14-10-8-12-18(20)19-13-9-11-15-21(19)22/h8-15,17,22-23H,16H2,1-7H3,(H,32,37)(H,35,36)(H2,31,33,34,38,39)/t17-,23?/m0/s1. The fourth-order valence-corrected chi connectivity index (χ4v) is 4.33. The number of carboxylic acid groups (broad SMARTS) is 1. The predicted molar refractivity (Wildman–Crippen MR) is 155 cm³/mol. The van der Waals surface area contributed by atoms with Gasteiger partial charge in [-0.1, -0.05) is 48.5 Å². The molecule has 3 rings (SSSR count). The molecule has 0 fully saturated rings. The molecule has 2 atom stereocenters. The van der Waals surface area contributed by atoms with Gasteiger partial charge in [0, 0.05) is 5.92 Å². The zero-order valence-electron chi connectivity index (χ0n) is 24.8. The maximum absolute atomic E-state index is 12.8. The van der Waals surface area contributed by atoms with Crippen LogP contribution in [-0.4, -0.2) is 65.2 Å². The number of rotatable bonds is 6. The fraction of sp³-hybridized carbons (Fsp3) is 0.433. The van der Waals surface area contributed by atoms with Crippen molar-refractivity contribution in [2.75, 3.05) is 6.61 Å². The van der Waals surface area contributed by atoms with Crippen LogP contribution in [0.4, 0.5) is 14.4 Å². The highest BCUT2D eigenvalue weighted by Crippen LogP contribution is 2.44. The first kappa shape index (κ1) is 31.9. The fourth-order valence-electron chi connectivity index (χ4n) is 4.33. The Morgan fingerprint density at radius 2 is 1.26 bits per heavy atom. The van der Waals surface area contributed by atoms with Crippen LogP contribution in [0.25, 0.3) is 11.1 Å². The van der Waals surface area contributed by atoms with Crippen molar-refractivity contribution in [3.05, 3.63) is 59.7 Å². The molecule has 0 bridgehead atoms. The van der Waals surface area contributed by atoms with Crippen LogP contribution in [0, 0.1) is 0 Å². The molecule has 0 saturated heterocycles. The van der Waals surface area contributed by atoms with Gasteiger partial charge in [-0.3, -0.25) is 10.6 Å². The van der Waals surface area contributed by atoms with Crippen molar-refractivity contribution < 1.29 is 38.5 Å². The average molecular weight is 583 g/mol. The third-order valence-electron chi connectivity index (χ3n) is 5.94. The van der Waals surface area contributed by atoms with Gasteiger partial charge in [0.15, 0.2) is 6.04 Å². The van der Waals surface area contributed by atoms with Crippen LogP contribution in [0.5, 0.6) is 0 Å². The highest BCUT2D eigenvalue weighted by molar-refractivity contribution is 6.01. The van der Waals surface area contributed by atoms with Crippen molar-refractivity contribution >= 4 is 30.2 Å². The van der Waals surface area contributed by atoms with Gasteiger partial charge in [-0.25, -0.2) is 24.2 Å². The number of carbonyl (C=O) groups excluding carboxylic acids is 3. The summed E-state index contributed by atoms with van der Waals surface area (Å²) in [4.78, 5) is 53.8. The van der Waals surface area contributed by atoms with E-state index in [0.717, 1.165) is 22.3 Å². The number of alkyl carbamates (subject to hydrolysis) is 3. The van der Waals surface area contributed by atoms with Gasteiger partial charge in [0.2, 0.25) is 5.96 Å². The Balaban J connectivity index is 1.73. The molecule has 0 heterocycles. The molecular formula is C30H38N4O8. The molecule has 4 N–H and O–H groups in total. The molecule has 12 nitrogen and oxygen atoms in total. The maximum atomic E-state index is 12.8. The number of nitrogens with one attached hydrogen (secondary N) is 3. The summed E-state index contributed by atoms with van der Waals surface area (Å²) >= 11 is 0. The molecule has 2 aromatic carbocycles. The van der Waals surface area contributed by atoms with Gasteiger partial charge in [0.1, 0.15) is 17.8 Å². The molecule has 12 heteroatoms. The second kappa shape index (κ2) is 12.9. The minimum atomic E-state index is -1.57. The van der Waals surface area contributed by atoms with E-state index in [9.17, 15) is 24.3 Å². The summed E-state index contributed by atoms with van der Waals surface area (Å²) in [6, 6.07) is 12.9. The monoisotopic (exact) mass is 582 g/mol. The minimum absolute atomic E-state index is 0.0184. The van der Waals surface area contributed by atoms with E-state index in [1.807, 2.05) is 48.5 Å². The van der Waals surface area contributed by atoms with Crippen molar-refractivity contribution in [1.29, 1.82) is 0 Å². The van der Waals surface area contributed by atoms with E-state index in [4.69, 9.17) is 14.2 Å². The Kier molecular flexibility index (Phi) is 9.82. The molecule has 0 radical (unpaired) electrons. The first-order chi connectivity index (χ1) is 19.5. The summed E-state index contributed by atoms with van der Waals surface area (Å²) in [6.45, 7) is 11.2. The van der Waals surface area contributed by atoms with Gasteiger partial charge in [0.25, 0.3) is 0 Å². The van der Waals surface area contributed by atoms with Crippen LogP contribution < -0.4 is 16.0 Å². The van der Waals surface area contributed by atoms with Crippen LogP contribution in [0.3, 0.4) is 0 Å². The Morgan fingerprint density at radius 3 is 1.69 bits per heavy atom. The van der Waals surface area contributed by atoms with Gasteiger partial charge < -0.3 is 24.6 Å². The van der Waals surface area contributed by atoms with Crippen LogP contribution >= 0.6 is 0 Å². The second-order valence-corrected chi connectivity index (χ2v) is 11.8. The molecule has 0 aliphatic heterocycles. The Hall–Kier alpha value is -4.61. The number of hydrogen-bond donors (Lipinski definition) is 4. The highest BCUT2D eigenvalue weighted by Gasteiger charge is 2.32. The zero-order valence-corrected chi connectivity index (χ0v) is 24.8. The molecule has 0 saturated carbocycles. The number of aliphatic imine (C=N–C) groups is 1. The number of amides is 3. The molecule has 1 aliphatic carbocycles. The molecule has 1 unspecified atom stereocenters. The topological polar surface area (TPSA) is 165 Å². The highest BCUT2D eigenvalue weighted by atomic mass is 16.6. The number of benzene rings is 2. The lowest BCUT2D eigenvalue weighted by Crippen LogP contribution is -2.51. The summed E-state index contributed by atoms with van der Waals surface area (Å²) in [6.07, 6.45) is -2.85. The van der Waals surface area contributed by atoms with Gasteiger partial charge in [-0.15, -0.1) is 0 Å². The van der Waals surface area contributed by atoms with E-state index in [1.54, 1.807) is 41.5 Å². The maximum Gasteiger partial charge on any atom is 0.414 e. The molecule has 3 amide bonds. The van der Waals surface area contributed by atoms with E-state index in [0.29, 0.717) is 0 Å². The van der Waals surface area contributed by atoms with Crippen LogP contribution in [0.1, 0.15) is 65.5 Å². The first-order valence-electron chi connectivity index (χ1n) is 13.5. The van der Waals surface area contributed by atoms with Crippen LogP contribution in [-0.2, 0) is 19.0 Å². The number of carbonyl (C=O) groups is 4. The number of ether oxygens (including phenoxy) is 3. The lowest BCUT2D eigenvalue weighted by atomic mass is 9.98. The van der Waals surface area contributed by atoms with E-state index >= 15 is 0 Å². The lowest BCUT2D eigenvalue weighted by molar-refractivity contribution is -0.139. The van der Waals surface area contributed by atoms with Crippen LogP contribution in [0.2, 0.25) is 0 Å². The minimum Gasteiger partial charge on any atom is -0.480 e. The molecule has 1 aliphatic rings. The number of nitrogens with zero attached hydrogens (tertiary/aromatic N) is 1. The smallest absolute Gasteiger partial charge is 0.414 e. The number of hydrogen-bond acceptors (Lipinski definition) is 8. The average Bonchev–Trinajstić information content (AvgIpc) is 3.17. The molecule has 2 aromatic rings. The predicted octanol–water partition coefficient (Wildman–Crippen LogP) is 4.77. The van der Waals surface area contributed by atoms with E-state index in [1.165, 1.54) is 6.92 Å². The summed E-state index contributed by atoms with van der Waals surface area (Å²) in [5.74, 6) is -2.05. The zero-order chi connectivity index (χ0) is 31.2. The Bertz CT molecular complexity index is 1280.